The van der Waals surface area contributed by atoms with E-state index < -0.39 is 11.8 Å². The van der Waals surface area contributed by atoms with Crippen LogP contribution in [0.25, 0.3) is 0 Å². The van der Waals surface area contributed by atoms with Gasteiger partial charge in [0.05, 0.1) is 0 Å². The van der Waals surface area contributed by atoms with Crippen molar-refractivity contribution in [1.82, 2.24) is 5.32 Å². The van der Waals surface area contributed by atoms with Gasteiger partial charge < -0.3 is 5.32 Å². The van der Waals surface area contributed by atoms with Crippen molar-refractivity contribution in [2.45, 2.75) is 18.4 Å². The Morgan fingerprint density at radius 2 is 1.75 bits per heavy atom. The van der Waals surface area contributed by atoms with Crippen molar-refractivity contribution >= 4 is 0 Å². The fraction of sp³-hybridized carbons (Fsp3) is 0.400. The van der Waals surface area contributed by atoms with E-state index in [1.54, 1.807) is 19.2 Å². The molecule has 0 amide bonds. The minimum Gasteiger partial charge on any atom is -0.316 e. The van der Waals surface area contributed by atoms with Crippen LogP contribution in [0.3, 0.4) is 0 Å². The van der Waals surface area contributed by atoms with Gasteiger partial charge in [-0.1, -0.05) is 24.3 Å². The summed E-state index contributed by atoms with van der Waals surface area (Å²) in [6.45, 7) is 0.619. The van der Waals surface area contributed by atoms with Crippen molar-refractivity contribution in [3.05, 3.63) is 35.4 Å². The third kappa shape index (κ3) is 1.69. The Kier molecular flexibility index (Phi) is 2.46. The first-order valence-electron chi connectivity index (χ1n) is 4.74. The highest BCUT2D eigenvalue weighted by molar-refractivity contribution is 5.32. The molecule has 0 fully saturated rings. The first-order chi connectivity index (χ1) is 7.49. The molecule has 1 aliphatic heterocycles. The summed E-state index contributed by atoms with van der Waals surface area (Å²) < 4.78 is 37.9. The summed E-state index contributed by atoms with van der Waals surface area (Å²) in [5, 5.41) is 9.19. The van der Waals surface area contributed by atoms with Gasteiger partial charge in [-0.25, -0.2) is 0 Å². The summed E-state index contributed by atoms with van der Waals surface area (Å²) in [6, 6.07) is 6.12. The fourth-order valence-electron chi connectivity index (χ4n) is 1.50. The lowest BCUT2D eigenvalue weighted by Crippen LogP contribution is -2.30. The van der Waals surface area contributed by atoms with Crippen LogP contribution in [0.2, 0.25) is 0 Å². The highest BCUT2D eigenvalue weighted by Crippen LogP contribution is 2.52. The van der Waals surface area contributed by atoms with E-state index in [0.717, 1.165) is 5.56 Å². The van der Waals surface area contributed by atoms with Crippen molar-refractivity contribution in [2.75, 3.05) is 7.05 Å². The number of alkyl halides is 3. The molecule has 0 aliphatic carbocycles. The summed E-state index contributed by atoms with van der Waals surface area (Å²) in [6.07, 6.45) is -4.45. The molecule has 1 aliphatic rings. The Morgan fingerprint density at radius 3 is 2.12 bits per heavy atom. The zero-order valence-electron chi connectivity index (χ0n) is 8.54. The number of benzene rings is 1. The summed E-state index contributed by atoms with van der Waals surface area (Å²) in [5.74, 6) is 0. The van der Waals surface area contributed by atoms with Crippen LogP contribution in [0.4, 0.5) is 13.2 Å². The average Bonchev–Trinajstić information content (AvgIpc) is 2.99. The molecule has 0 unspecified atom stereocenters. The quantitative estimate of drug-likeness (QED) is 0.849. The van der Waals surface area contributed by atoms with Crippen LogP contribution in [-0.4, -0.2) is 13.2 Å². The van der Waals surface area contributed by atoms with Gasteiger partial charge in [-0.05, 0) is 12.6 Å². The maximum atomic E-state index is 12.6. The van der Waals surface area contributed by atoms with Crippen molar-refractivity contribution < 1.29 is 13.2 Å². The molecule has 1 N–H and O–H groups in total. The van der Waals surface area contributed by atoms with Crippen LogP contribution < -0.4 is 5.32 Å². The van der Waals surface area contributed by atoms with Gasteiger partial charge >= 0.3 is 11.8 Å². The molecular formula is C10H10F3N3. The molecule has 1 heterocycles. The Bertz CT molecular complexity index is 402. The molecule has 0 atom stereocenters. The van der Waals surface area contributed by atoms with E-state index in [9.17, 15) is 13.2 Å². The molecule has 16 heavy (non-hydrogen) atoms. The zero-order valence-corrected chi connectivity index (χ0v) is 8.54. The second kappa shape index (κ2) is 3.55. The highest BCUT2D eigenvalue weighted by atomic mass is 19.4. The maximum Gasteiger partial charge on any atom is 0.442 e. The number of nitrogens with zero attached hydrogens (tertiary/aromatic N) is 2. The molecule has 2 rings (SSSR count). The lowest BCUT2D eigenvalue weighted by molar-refractivity contribution is -0.166. The SMILES string of the molecule is CNCc1ccc(C2(C(F)(F)F)N=N2)cc1. The Hall–Kier alpha value is -1.43. The van der Waals surface area contributed by atoms with Gasteiger partial charge in [0.1, 0.15) is 0 Å². The van der Waals surface area contributed by atoms with Crippen molar-refractivity contribution in [2.24, 2.45) is 10.2 Å². The third-order valence-corrected chi connectivity index (χ3v) is 2.43. The second-order valence-corrected chi connectivity index (χ2v) is 3.60. The summed E-state index contributed by atoms with van der Waals surface area (Å²) in [7, 11) is 1.77. The normalized spacial score (nSPS) is 17.5. The molecule has 0 saturated heterocycles. The maximum absolute atomic E-state index is 12.6. The van der Waals surface area contributed by atoms with Gasteiger partial charge in [-0.15, -0.1) is 10.2 Å². The Morgan fingerprint density at radius 1 is 1.19 bits per heavy atom. The van der Waals surface area contributed by atoms with E-state index in [4.69, 9.17) is 0 Å². The molecule has 0 spiro atoms. The van der Waals surface area contributed by atoms with Gasteiger partial charge in [0.2, 0.25) is 0 Å². The third-order valence-electron chi connectivity index (χ3n) is 2.43. The first-order valence-corrected chi connectivity index (χ1v) is 4.74. The topological polar surface area (TPSA) is 36.8 Å². The molecule has 1 aromatic rings. The zero-order chi connectivity index (χ0) is 11.8. The van der Waals surface area contributed by atoms with Crippen LogP contribution in [0, 0.1) is 0 Å². The minimum absolute atomic E-state index is 0.0693. The Balaban J connectivity index is 2.23. The van der Waals surface area contributed by atoms with Gasteiger partial charge in [-0.3, -0.25) is 0 Å². The molecule has 0 aromatic heterocycles. The van der Waals surface area contributed by atoms with Crippen LogP contribution >= 0.6 is 0 Å². The molecule has 0 bridgehead atoms. The monoisotopic (exact) mass is 229 g/mol. The molecule has 1 aromatic carbocycles. The number of halogens is 3. The predicted molar refractivity (Wildman–Crippen MR) is 51.8 cm³/mol. The van der Waals surface area contributed by atoms with Crippen LogP contribution in [-0.2, 0) is 12.2 Å². The molecule has 3 nitrogen and oxygen atoms in total. The number of rotatable bonds is 3. The number of hydrogen-bond acceptors (Lipinski definition) is 3. The second-order valence-electron chi connectivity index (χ2n) is 3.60. The molecule has 86 valence electrons. The van der Waals surface area contributed by atoms with Crippen molar-refractivity contribution in [3.63, 3.8) is 0 Å². The lowest BCUT2D eigenvalue weighted by Gasteiger charge is -2.14. The van der Waals surface area contributed by atoms with E-state index in [1.807, 2.05) is 0 Å². The number of nitrogens with one attached hydrogen (secondary N) is 1. The van der Waals surface area contributed by atoms with Crippen LogP contribution in [0.1, 0.15) is 11.1 Å². The van der Waals surface area contributed by atoms with E-state index >= 15 is 0 Å². The van der Waals surface area contributed by atoms with Crippen LogP contribution in [0.5, 0.6) is 0 Å². The van der Waals surface area contributed by atoms with E-state index in [1.165, 1.54) is 12.1 Å². The molecular weight excluding hydrogens is 219 g/mol. The van der Waals surface area contributed by atoms with Gasteiger partial charge in [0.15, 0.2) is 0 Å². The highest BCUT2D eigenvalue weighted by Gasteiger charge is 2.65. The first kappa shape index (κ1) is 11.1. The van der Waals surface area contributed by atoms with Gasteiger partial charge in [0, 0.05) is 12.1 Å². The fourth-order valence-corrected chi connectivity index (χ4v) is 1.50. The summed E-state index contributed by atoms with van der Waals surface area (Å²) in [4.78, 5) is 0. The predicted octanol–water partition coefficient (Wildman–Crippen LogP) is 2.59. The van der Waals surface area contributed by atoms with Crippen molar-refractivity contribution in [3.8, 4) is 0 Å². The molecule has 6 heteroatoms. The summed E-state index contributed by atoms with van der Waals surface area (Å²) >= 11 is 0. The number of hydrogen-bond donors (Lipinski definition) is 1. The average molecular weight is 229 g/mol. The van der Waals surface area contributed by atoms with Crippen LogP contribution in [0.15, 0.2) is 34.5 Å². The lowest BCUT2D eigenvalue weighted by atomic mass is 10.0. The van der Waals surface area contributed by atoms with E-state index in [0.29, 0.717) is 6.54 Å². The minimum atomic E-state index is -4.45. The smallest absolute Gasteiger partial charge is 0.316 e. The van der Waals surface area contributed by atoms with E-state index in [2.05, 4.69) is 15.5 Å². The standard InChI is InChI=1S/C10H10F3N3/c1-14-6-7-2-4-8(5-3-7)9(15-16-9)10(11,12)13/h2-5,14H,6H2,1H3. The van der Waals surface area contributed by atoms with Gasteiger partial charge in [0.25, 0.3) is 0 Å². The Labute approximate surface area is 90.4 Å². The molecule has 0 saturated carbocycles. The van der Waals surface area contributed by atoms with Crippen molar-refractivity contribution in [1.29, 1.82) is 0 Å². The molecule has 0 radical (unpaired) electrons. The summed E-state index contributed by atoms with van der Waals surface area (Å²) in [5.41, 5.74) is -1.31. The van der Waals surface area contributed by atoms with E-state index in [-0.39, 0.29) is 5.56 Å². The van der Waals surface area contributed by atoms with Gasteiger partial charge in [-0.2, -0.15) is 13.2 Å². The largest absolute Gasteiger partial charge is 0.442 e.